The standard InChI is InChI=1S/C11H22O4Si.C9H20O4Si/c1-5-11(12)15-10(4)8-9-16(13-6-2)14-7-3;1-10-9(11-2)7-5-6-8-14(9,12-3)13-4/h5,10,16H,1,6-9H2,2-4H3;5-8H2,1-4H3. The Hall–Kier alpha value is -0.596. The fraction of sp³-hybridized carbons (Fsp3) is 0.850. The van der Waals surface area contributed by atoms with Gasteiger partial charge < -0.3 is 31.9 Å². The van der Waals surface area contributed by atoms with Crippen molar-refractivity contribution in [3.05, 3.63) is 12.7 Å². The van der Waals surface area contributed by atoms with E-state index in [4.69, 9.17) is 31.9 Å². The number of ether oxygens (including phenoxy) is 3. The van der Waals surface area contributed by atoms with Crippen LogP contribution in [0.2, 0.25) is 12.1 Å². The maximum Gasteiger partial charge on any atom is 0.399 e. The lowest BCUT2D eigenvalue weighted by Crippen LogP contribution is -2.65. The molecule has 8 nitrogen and oxygen atoms in total. The third-order valence-corrected chi connectivity index (χ3v) is 11.5. The van der Waals surface area contributed by atoms with Crippen LogP contribution in [0.25, 0.3) is 0 Å². The smallest absolute Gasteiger partial charge is 0.399 e. The minimum absolute atomic E-state index is 0.110. The van der Waals surface area contributed by atoms with Crippen LogP contribution in [0.5, 0.6) is 0 Å². The zero-order chi connectivity index (χ0) is 23.0. The van der Waals surface area contributed by atoms with Crippen molar-refractivity contribution in [2.24, 2.45) is 0 Å². The molecule has 0 aromatic carbocycles. The van der Waals surface area contributed by atoms with E-state index in [0.717, 1.165) is 37.8 Å². The summed E-state index contributed by atoms with van der Waals surface area (Å²) in [6.45, 7) is 10.5. The summed E-state index contributed by atoms with van der Waals surface area (Å²) in [5, 5.41) is 0. The Kier molecular flexibility index (Phi) is 15.8. The Morgan fingerprint density at radius 3 is 2.07 bits per heavy atom. The van der Waals surface area contributed by atoms with Crippen molar-refractivity contribution in [1.82, 2.24) is 0 Å². The summed E-state index contributed by atoms with van der Waals surface area (Å²) in [5.41, 5.74) is -0.630. The lowest BCUT2D eigenvalue weighted by molar-refractivity contribution is -0.183. The first-order chi connectivity index (χ1) is 14.3. The molecule has 1 rings (SSSR count). The van der Waals surface area contributed by atoms with Crippen molar-refractivity contribution >= 4 is 23.8 Å². The van der Waals surface area contributed by atoms with E-state index in [-0.39, 0.29) is 12.1 Å². The Labute approximate surface area is 185 Å². The average molecular weight is 467 g/mol. The maximum atomic E-state index is 10.9. The molecular formula is C20H42O8Si2. The number of rotatable bonds is 13. The van der Waals surface area contributed by atoms with Crippen LogP contribution in [-0.4, -0.2) is 77.0 Å². The molecule has 0 spiro atoms. The number of hydrogen-bond donors (Lipinski definition) is 0. The van der Waals surface area contributed by atoms with Gasteiger partial charge in [0.25, 0.3) is 0 Å². The van der Waals surface area contributed by atoms with Gasteiger partial charge in [-0.2, -0.15) is 0 Å². The molecule has 0 aromatic rings. The van der Waals surface area contributed by atoms with Crippen LogP contribution in [0.1, 0.15) is 46.5 Å². The Bertz CT molecular complexity index is 444. The molecular weight excluding hydrogens is 424 g/mol. The molecule has 10 heteroatoms. The minimum Gasteiger partial charge on any atom is -0.460 e. The fourth-order valence-electron chi connectivity index (χ4n) is 3.56. The number of esters is 1. The van der Waals surface area contributed by atoms with E-state index in [1.54, 1.807) is 28.4 Å². The molecule has 0 radical (unpaired) electrons. The largest absolute Gasteiger partial charge is 0.460 e. The van der Waals surface area contributed by atoms with Gasteiger partial charge in [0, 0.05) is 54.1 Å². The molecule has 30 heavy (non-hydrogen) atoms. The lowest BCUT2D eigenvalue weighted by Gasteiger charge is -2.46. The normalized spacial score (nSPS) is 18.3. The highest BCUT2D eigenvalue weighted by Crippen LogP contribution is 2.40. The third kappa shape index (κ3) is 8.87. The molecule has 178 valence electrons. The molecule has 1 saturated heterocycles. The second-order valence-electron chi connectivity index (χ2n) is 6.90. The van der Waals surface area contributed by atoms with Gasteiger partial charge >= 0.3 is 23.8 Å². The van der Waals surface area contributed by atoms with E-state index < -0.39 is 23.3 Å². The molecule has 0 saturated carbocycles. The summed E-state index contributed by atoms with van der Waals surface area (Å²) >= 11 is 0. The van der Waals surface area contributed by atoms with Crippen molar-refractivity contribution in [2.75, 3.05) is 41.7 Å². The van der Waals surface area contributed by atoms with Gasteiger partial charge in [-0.3, -0.25) is 0 Å². The van der Waals surface area contributed by atoms with E-state index >= 15 is 0 Å². The van der Waals surface area contributed by atoms with E-state index in [1.165, 1.54) is 6.08 Å². The van der Waals surface area contributed by atoms with Gasteiger partial charge in [-0.1, -0.05) is 13.0 Å². The van der Waals surface area contributed by atoms with Crippen LogP contribution < -0.4 is 0 Å². The summed E-state index contributed by atoms with van der Waals surface area (Å²) in [6, 6.07) is 1.79. The van der Waals surface area contributed by atoms with E-state index in [1.807, 2.05) is 20.8 Å². The molecule has 1 unspecified atom stereocenters. The summed E-state index contributed by atoms with van der Waals surface area (Å²) in [6.07, 6.45) is 4.92. The van der Waals surface area contributed by atoms with Gasteiger partial charge in [0.1, 0.15) is 0 Å². The zero-order valence-corrected chi connectivity index (χ0v) is 22.0. The van der Waals surface area contributed by atoms with Gasteiger partial charge in [-0.15, -0.1) is 0 Å². The van der Waals surface area contributed by atoms with Crippen LogP contribution in [0.3, 0.4) is 0 Å². The molecule has 1 aliphatic heterocycles. The molecule has 0 aromatic heterocycles. The first kappa shape index (κ1) is 29.4. The second kappa shape index (κ2) is 16.1. The Morgan fingerprint density at radius 1 is 1.10 bits per heavy atom. The Morgan fingerprint density at radius 2 is 1.67 bits per heavy atom. The topological polar surface area (TPSA) is 81.7 Å². The van der Waals surface area contributed by atoms with Gasteiger partial charge in [-0.25, -0.2) is 4.79 Å². The molecule has 0 bridgehead atoms. The molecule has 1 aliphatic rings. The number of carbonyl (C=O) groups is 1. The molecule has 0 N–H and O–H groups in total. The van der Waals surface area contributed by atoms with E-state index in [2.05, 4.69) is 6.58 Å². The van der Waals surface area contributed by atoms with Gasteiger partial charge in [0.2, 0.25) is 5.41 Å². The van der Waals surface area contributed by atoms with Gasteiger partial charge in [0.15, 0.2) is 0 Å². The number of hydrogen-bond acceptors (Lipinski definition) is 8. The monoisotopic (exact) mass is 466 g/mol. The van der Waals surface area contributed by atoms with E-state index in [0.29, 0.717) is 13.2 Å². The predicted octanol–water partition coefficient (Wildman–Crippen LogP) is 3.22. The summed E-state index contributed by atoms with van der Waals surface area (Å²) in [4.78, 5) is 10.9. The van der Waals surface area contributed by atoms with Crippen molar-refractivity contribution in [3.8, 4) is 0 Å². The highest BCUT2D eigenvalue weighted by molar-refractivity contribution is 6.70. The minimum atomic E-state index is -2.35. The van der Waals surface area contributed by atoms with Crippen LogP contribution in [0, 0.1) is 0 Å². The van der Waals surface area contributed by atoms with Gasteiger partial charge in [0.05, 0.1) is 6.10 Å². The van der Waals surface area contributed by atoms with Crippen molar-refractivity contribution < 1.29 is 36.7 Å². The molecule has 1 atom stereocenters. The summed E-state index contributed by atoms with van der Waals surface area (Å²) in [7, 11) is 2.78. The SMILES string of the molecule is C=CC(=O)OC(C)CC[SiH](OCC)OCC.COC1(OC)CCCC[Si]1(OC)OC. The molecule has 1 heterocycles. The van der Waals surface area contributed by atoms with Crippen molar-refractivity contribution in [3.63, 3.8) is 0 Å². The lowest BCUT2D eigenvalue weighted by atomic mass is 10.2. The van der Waals surface area contributed by atoms with Crippen molar-refractivity contribution in [2.45, 2.75) is 70.1 Å². The quantitative estimate of drug-likeness (QED) is 0.177. The fourth-order valence-corrected chi connectivity index (χ4v) is 8.94. The Balaban J connectivity index is 0.000000564. The summed E-state index contributed by atoms with van der Waals surface area (Å²) < 4.78 is 38.3. The van der Waals surface area contributed by atoms with Crippen LogP contribution >= 0.6 is 0 Å². The first-order valence-electron chi connectivity index (χ1n) is 10.6. The molecule has 0 aliphatic carbocycles. The number of carbonyl (C=O) groups excluding carboxylic acids is 1. The first-order valence-corrected chi connectivity index (χ1v) is 14.4. The zero-order valence-electron chi connectivity index (χ0n) is 19.9. The molecule has 0 amide bonds. The van der Waals surface area contributed by atoms with E-state index in [9.17, 15) is 4.79 Å². The average Bonchev–Trinajstić information content (AvgIpc) is 2.77. The highest BCUT2D eigenvalue weighted by Gasteiger charge is 2.60. The number of methoxy groups -OCH3 is 2. The van der Waals surface area contributed by atoms with Crippen LogP contribution in [-0.2, 0) is 36.7 Å². The summed E-state index contributed by atoms with van der Waals surface area (Å²) in [5.74, 6) is -0.376. The highest BCUT2D eigenvalue weighted by atomic mass is 28.4. The van der Waals surface area contributed by atoms with Crippen LogP contribution in [0.15, 0.2) is 12.7 Å². The third-order valence-electron chi connectivity index (χ3n) is 5.16. The van der Waals surface area contributed by atoms with Gasteiger partial charge in [-0.05, 0) is 45.7 Å². The van der Waals surface area contributed by atoms with Crippen molar-refractivity contribution in [1.29, 1.82) is 0 Å². The predicted molar refractivity (Wildman–Crippen MR) is 121 cm³/mol. The maximum absolute atomic E-state index is 10.9. The second-order valence-corrected chi connectivity index (χ2v) is 12.6. The van der Waals surface area contributed by atoms with Crippen LogP contribution in [0.4, 0.5) is 0 Å². The molecule has 1 fully saturated rings.